The molecule has 8 nitrogen and oxygen atoms in total. The Bertz CT molecular complexity index is 1260. The van der Waals surface area contributed by atoms with Crippen molar-refractivity contribution in [3.05, 3.63) is 83.5 Å². The van der Waals surface area contributed by atoms with Gasteiger partial charge in [0.15, 0.2) is 5.82 Å². The van der Waals surface area contributed by atoms with E-state index in [0.29, 0.717) is 29.4 Å². The lowest BCUT2D eigenvalue weighted by Crippen LogP contribution is -2.44. The largest absolute Gasteiger partial charge is 0.348 e. The van der Waals surface area contributed by atoms with E-state index in [0.717, 1.165) is 17.7 Å². The fraction of sp³-hybridized carbons (Fsp3) is 0.182. The summed E-state index contributed by atoms with van der Waals surface area (Å²) in [5.74, 6) is 0.572. The highest BCUT2D eigenvalue weighted by Crippen LogP contribution is 2.39. The number of hydrogen-bond donors (Lipinski definition) is 1. The van der Waals surface area contributed by atoms with Crippen molar-refractivity contribution in [3.8, 4) is 17.2 Å². The van der Waals surface area contributed by atoms with Gasteiger partial charge >= 0.3 is 0 Å². The highest BCUT2D eigenvalue weighted by molar-refractivity contribution is 6.32. The van der Waals surface area contributed by atoms with Crippen LogP contribution >= 0.6 is 11.6 Å². The maximum Gasteiger partial charge on any atom is 0.270 e. The van der Waals surface area contributed by atoms with Crippen molar-refractivity contribution in [2.24, 2.45) is 0 Å². The number of pyridine rings is 1. The number of para-hydroxylation sites is 1. The van der Waals surface area contributed by atoms with Crippen LogP contribution in [0.15, 0.2) is 61.2 Å². The van der Waals surface area contributed by atoms with Crippen LogP contribution < -0.4 is 5.32 Å². The van der Waals surface area contributed by atoms with Gasteiger partial charge in [-0.05, 0) is 43.2 Å². The fourth-order valence-corrected chi connectivity index (χ4v) is 3.96. The van der Waals surface area contributed by atoms with Crippen LogP contribution in [0, 0.1) is 5.82 Å². The molecule has 1 amide bonds. The summed E-state index contributed by atoms with van der Waals surface area (Å²) < 4.78 is 14.9. The van der Waals surface area contributed by atoms with Gasteiger partial charge in [0.25, 0.3) is 5.91 Å². The molecule has 0 atom stereocenters. The van der Waals surface area contributed by atoms with Crippen LogP contribution in [0.3, 0.4) is 0 Å². The summed E-state index contributed by atoms with van der Waals surface area (Å²) in [5.41, 5.74) is 1.57. The molecule has 1 aliphatic rings. The Morgan fingerprint density at radius 2 is 1.94 bits per heavy atom. The van der Waals surface area contributed by atoms with Gasteiger partial charge in [0.05, 0.1) is 16.9 Å². The molecule has 0 spiro atoms. The molecule has 0 aliphatic heterocycles. The third-order valence-corrected chi connectivity index (χ3v) is 5.71. The lowest BCUT2D eigenvalue weighted by Gasteiger charge is -2.35. The maximum absolute atomic E-state index is 13.0. The molecule has 1 aromatic carbocycles. The van der Waals surface area contributed by atoms with Gasteiger partial charge in [-0.1, -0.05) is 23.7 Å². The quantitative estimate of drug-likeness (QED) is 0.500. The molecule has 1 aliphatic carbocycles. The molecule has 4 aromatic rings. The van der Waals surface area contributed by atoms with Gasteiger partial charge in [-0.15, -0.1) is 10.2 Å². The number of nitrogens with one attached hydrogen (secondary N) is 1. The van der Waals surface area contributed by atoms with Crippen molar-refractivity contribution in [2.75, 3.05) is 0 Å². The Labute approximate surface area is 187 Å². The molecule has 1 fully saturated rings. The topological polar surface area (TPSA) is 98.5 Å². The van der Waals surface area contributed by atoms with Crippen molar-refractivity contribution >= 4 is 17.5 Å². The summed E-state index contributed by atoms with van der Waals surface area (Å²) in [6.07, 6.45) is 5.49. The lowest BCUT2D eigenvalue weighted by atomic mass is 9.79. The predicted molar refractivity (Wildman–Crippen MR) is 115 cm³/mol. The molecule has 160 valence electrons. The summed E-state index contributed by atoms with van der Waals surface area (Å²) in [6.45, 7) is 0. The van der Waals surface area contributed by atoms with E-state index in [-0.39, 0.29) is 23.6 Å². The fourth-order valence-electron chi connectivity index (χ4n) is 3.74. The average Bonchev–Trinajstić information content (AvgIpc) is 3.21. The monoisotopic (exact) mass is 449 g/mol. The Morgan fingerprint density at radius 3 is 2.66 bits per heavy atom. The molecule has 0 unspecified atom stereocenters. The molecule has 0 bridgehead atoms. The van der Waals surface area contributed by atoms with Crippen molar-refractivity contribution in [3.63, 3.8) is 0 Å². The average molecular weight is 450 g/mol. The standard InChI is InChI=1S/C22H17ClFN7O/c23-16-3-1-2-4-19(16)31-20(29-30-21(31)17-7-8-25-12-27-17)13-9-15(10-13)28-22(32)18-6-5-14(24)11-26-18/h1-8,11-13,15H,9-10H2,(H,28,32). The van der Waals surface area contributed by atoms with Gasteiger partial charge in [-0.25, -0.2) is 19.3 Å². The number of hydrogen-bond acceptors (Lipinski definition) is 6. The molecule has 32 heavy (non-hydrogen) atoms. The van der Waals surface area contributed by atoms with Gasteiger partial charge in [0.1, 0.15) is 29.4 Å². The van der Waals surface area contributed by atoms with Crippen LogP contribution in [0.4, 0.5) is 4.39 Å². The minimum atomic E-state index is -0.483. The summed E-state index contributed by atoms with van der Waals surface area (Å²) in [4.78, 5) is 24.5. The van der Waals surface area contributed by atoms with Gasteiger partial charge in [-0.3, -0.25) is 9.36 Å². The molecule has 1 N–H and O–H groups in total. The normalized spacial score (nSPS) is 17.6. The van der Waals surface area contributed by atoms with Gasteiger partial charge < -0.3 is 5.32 Å². The van der Waals surface area contributed by atoms with Gasteiger partial charge in [0.2, 0.25) is 0 Å². The first-order valence-electron chi connectivity index (χ1n) is 9.99. The van der Waals surface area contributed by atoms with Crippen molar-refractivity contribution in [1.29, 1.82) is 0 Å². The third kappa shape index (κ3) is 3.82. The van der Waals surface area contributed by atoms with E-state index in [9.17, 15) is 9.18 Å². The number of carbonyl (C=O) groups is 1. The molecule has 0 radical (unpaired) electrons. The summed E-state index contributed by atoms with van der Waals surface area (Å²) in [6, 6.07) is 11.8. The van der Waals surface area contributed by atoms with Gasteiger partial charge in [-0.2, -0.15) is 0 Å². The van der Waals surface area contributed by atoms with E-state index in [1.54, 1.807) is 12.3 Å². The van der Waals surface area contributed by atoms with Crippen LogP contribution in [0.2, 0.25) is 5.02 Å². The Hall–Kier alpha value is -3.72. The smallest absolute Gasteiger partial charge is 0.270 e. The van der Waals surface area contributed by atoms with Crippen molar-refractivity contribution in [2.45, 2.75) is 24.8 Å². The SMILES string of the molecule is O=C(NC1CC(c2nnc(-c3ccncn3)n2-c2ccccc2Cl)C1)c1ccc(F)cn1. The molecule has 3 aromatic heterocycles. The maximum atomic E-state index is 13.0. The van der Waals surface area contributed by atoms with E-state index < -0.39 is 5.82 Å². The third-order valence-electron chi connectivity index (χ3n) is 5.39. The number of amides is 1. The van der Waals surface area contributed by atoms with E-state index in [1.807, 2.05) is 28.8 Å². The molecule has 10 heteroatoms. The number of carbonyl (C=O) groups excluding carboxylic acids is 1. The lowest BCUT2D eigenvalue weighted by molar-refractivity contribution is 0.0902. The number of rotatable bonds is 5. The first-order chi connectivity index (χ1) is 15.6. The summed E-state index contributed by atoms with van der Waals surface area (Å²) in [7, 11) is 0. The minimum absolute atomic E-state index is 0.0433. The number of nitrogens with zero attached hydrogens (tertiary/aromatic N) is 6. The second-order valence-corrected chi connectivity index (χ2v) is 7.87. The Kier molecular flexibility index (Phi) is 5.32. The highest BCUT2D eigenvalue weighted by Gasteiger charge is 2.36. The molecular formula is C22H17ClFN7O. The Balaban J connectivity index is 1.39. The van der Waals surface area contributed by atoms with E-state index in [4.69, 9.17) is 11.6 Å². The second kappa shape index (κ2) is 8.43. The summed E-state index contributed by atoms with van der Waals surface area (Å²) in [5, 5.41) is 12.3. The van der Waals surface area contributed by atoms with Crippen LogP contribution in [0.1, 0.15) is 35.1 Å². The predicted octanol–water partition coefficient (Wildman–Crippen LogP) is 3.59. The second-order valence-electron chi connectivity index (χ2n) is 7.46. The van der Waals surface area contributed by atoms with Crippen molar-refractivity contribution < 1.29 is 9.18 Å². The van der Waals surface area contributed by atoms with Crippen LogP contribution in [-0.2, 0) is 0 Å². The van der Waals surface area contributed by atoms with Crippen LogP contribution in [0.25, 0.3) is 17.2 Å². The zero-order chi connectivity index (χ0) is 22.1. The zero-order valence-corrected chi connectivity index (χ0v) is 17.4. The minimum Gasteiger partial charge on any atom is -0.348 e. The van der Waals surface area contributed by atoms with Crippen LogP contribution in [0.5, 0.6) is 0 Å². The Morgan fingerprint density at radius 1 is 1.09 bits per heavy atom. The highest BCUT2D eigenvalue weighted by atomic mass is 35.5. The summed E-state index contributed by atoms with van der Waals surface area (Å²) >= 11 is 6.49. The first kappa shape index (κ1) is 20.2. The first-order valence-corrected chi connectivity index (χ1v) is 10.4. The molecular weight excluding hydrogens is 433 g/mol. The molecule has 3 heterocycles. The van der Waals surface area contributed by atoms with E-state index >= 15 is 0 Å². The van der Waals surface area contributed by atoms with E-state index in [2.05, 4.69) is 30.5 Å². The molecule has 1 saturated carbocycles. The number of halogens is 2. The number of aromatic nitrogens is 6. The van der Waals surface area contributed by atoms with Crippen LogP contribution in [-0.4, -0.2) is 41.7 Å². The van der Waals surface area contributed by atoms with Crippen molar-refractivity contribution in [1.82, 2.24) is 35.0 Å². The van der Waals surface area contributed by atoms with Gasteiger partial charge in [0, 0.05) is 18.2 Å². The molecule has 5 rings (SSSR count). The molecule has 0 saturated heterocycles. The number of benzene rings is 1. The van der Waals surface area contributed by atoms with E-state index in [1.165, 1.54) is 18.5 Å². The zero-order valence-electron chi connectivity index (χ0n) is 16.7.